The largest absolute Gasteiger partial charge is 0.326 e. The summed E-state index contributed by atoms with van der Waals surface area (Å²) in [7, 11) is 0. The minimum Gasteiger partial charge on any atom is -0.326 e. The molecule has 0 atom stereocenters. The first-order valence-corrected chi connectivity index (χ1v) is 5.02. The van der Waals surface area contributed by atoms with Crippen molar-refractivity contribution in [3.05, 3.63) is 33.4 Å². The Hall–Kier alpha value is -0.280. The zero-order valence-electron chi connectivity index (χ0n) is 10.4. The van der Waals surface area contributed by atoms with Crippen LogP contribution < -0.4 is 11.5 Å². The fraction of sp³-hybridized carbons (Fsp3) is 0.500. The predicted octanol–water partition coefficient (Wildman–Crippen LogP) is 2.68. The molecule has 1 aromatic rings. The molecule has 0 aromatic heterocycles. The third-order valence-corrected chi connectivity index (χ3v) is 3.34. The summed E-state index contributed by atoms with van der Waals surface area (Å²) in [4.78, 5) is 0. The highest BCUT2D eigenvalue weighted by atomic mass is 35.5. The lowest BCUT2D eigenvalue weighted by atomic mass is 9.89. The smallest absolute Gasteiger partial charge is 0.0183 e. The van der Waals surface area contributed by atoms with Crippen LogP contribution in [0.3, 0.4) is 0 Å². The number of nitrogens with two attached hydrogens (primary N) is 2. The number of hydrogen-bond donors (Lipinski definition) is 2. The van der Waals surface area contributed by atoms with E-state index in [4.69, 9.17) is 11.5 Å². The van der Waals surface area contributed by atoms with Gasteiger partial charge in [0.25, 0.3) is 0 Å². The van der Waals surface area contributed by atoms with E-state index < -0.39 is 0 Å². The van der Waals surface area contributed by atoms with E-state index in [0.29, 0.717) is 13.1 Å². The number of hydrogen-bond acceptors (Lipinski definition) is 2. The van der Waals surface area contributed by atoms with Gasteiger partial charge in [0, 0.05) is 13.1 Å². The van der Waals surface area contributed by atoms with E-state index in [9.17, 15) is 0 Å². The molecule has 4 N–H and O–H groups in total. The Labute approximate surface area is 111 Å². The van der Waals surface area contributed by atoms with Crippen LogP contribution in [0.5, 0.6) is 0 Å². The van der Waals surface area contributed by atoms with E-state index in [0.717, 1.165) is 0 Å². The summed E-state index contributed by atoms with van der Waals surface area (Å²) in [5.41, 5.74) is 19.3. The van der Waals surface area contributed by atoms with Gasteiger partial charge < -0.3 is 11.5 Å². The Morgan fingerprint density at radius 2 is 0.812 bits per heavy atom. The minimum absolute atomic E-state index is 0. The van der Waals surface area contributed by atoms with Crippen molar-refractivity contribution in [1.82, 2.24) is 0 Å². The molecular formula is C12H22Cl2N2. The monoisotopic (exact) mass is 264 g/mol. The average Bonchev–Trinajstić information content (AvgIpc) is 2.17. The standard InChI is InChI=1S/C12H20N2.2ClH/c1-7-8(2)12(6-14)10(4)9(3)11(7)5-13;;/h5-6,13-14H2,1-4H3;2*1H. The molecule has 0 spiro atoms. The fourth-order valence-electron chi connectivity index (χ4n) is 2.08. The third-order valence-electron chi connectivity index (χ3n) is 3.34. The first kappa shape index (κ1) is 18.1. The van der Waals surface area contributed by atoms with E-state index in [1.807, 2.05) is 0 Å². The van der Waals surface area contributed by atoms with Crippen LogP contribution in [-0.2, 0) is 13.1 Å². The van der Waals surface area contributed by atoms with Crippen molar-refractivity contribution in [3.8, 4) is 0 Å². The summed E-state index contributed by atoms with van der Waals surface area (Å²) in [6.07, 6.45) is 0. The van der Waals surface area contributed by atoms with Crippen LogP contribution >= 0.6 is 24.8 Å². The molecule has 1 rings (SSSR count). The molecule has 94 valence electrons. The van der Waals surface area contributed by atoms with Gasteiger partial charge in [-0.2, -0.15) is 0 Å². The van der Waals surface area contributed by atoms with Crippen LogP contribution in [0.4, 0.5) is 0 Å². The lowest BCUT2D eigenvalue weighted by Gasteiger charge is -2.18. The van der Waals surface area contributed by atoms with Gasteiger partial charge in [0.2, 0.25) is 0 Å². The third kappa shape index (κ3) is 2.89. The highest BCUT2D eigenvalue weighted by Crippen LogP contribution is 2.25. The average molecular weight is 265 g/mol. The van der Waals surface area contributed by atoms with Gasteiger partial charge in [-0.25, -0.2) is 0 Å². The molecule has 0 aliphatic carbocycles. The van der Waals surface area contributed by atoms with E-state index in [-0.39, 0.29) is 24.8 Å². The topological polar surface area (TPSA) is 52.0 Å². The summed E-state index contributed by atoms with van der Waals surface area (Å²) in [5, 5.41) is 0. The van der Waals surface area contributed by atoms with Crippen LogP contribution in [0, 0.1) is 27.7 Å². The van der Waals surface area contributed by atoms with Crippen molar-refractivity contribution >= 4 is 24.8 Å². The number of halogens is 2. The molecule has 0 aliphatic rings. The first-order valence-electron chi connectivity index (χ1n) is 5.02. The van der Waals surface area contributed by atoms with Gasteiger partial charge in [-0.3, -0.25) is 0 Å². The van der Waals surface area contributed by atoms with Crippen LogP contribution in [0.25, 0.3) is 0 Å². The zero-order valence-corrected chi connectivity index (χ0v) is 12.0. The van der Waals surface area contributed by atoms with Crippen molar-refractivity contribution in [2.75, 3.05) is 0 Å². The van der Waals surface area contributed by atoms with Crippen molar-refractivity contribution in [2.45, 2.75) is 40.8 Å². The van der Waals surface area contributed by atoms with E-state index in [1.165, 1.54) is 33.4 Å². The van der Waals surface area contributed by atoms with Crippen molar-refractivity contribution in [1.29, 1.82) is 0 Å². The molecule has 0 aliphatic heterocycles. The van der Waals surface area contributed by atoms with Crippen LogP contribution in [-0.4, -0.2) is 0 Å². The molecule has 0 unspecified atom stereocenters. The summed E-state index contributed by atoms with van der Waals surface area (Å²) in [6, 6.07) is 0. The van der Waals surface area contributed by atoms with Crippen molar-refractivity contribution in [3.63, 3.8) is 0 Å². The Morgan fingerprint density at radius 3 is 0.938 bits per heavy atom. The van der Waals surface area contributed by atoms with Crippen LogP contribution in [0.1, 0.15) is 33.4 Å². The lowest BCUT2D eigenvalue weighted by molar-refractivity contribution is 0.958. The maximum Gasteiger partial charge on any atom is 0.0183 e. The van der Waals surface area contributed by atoms with Crippen molar-refractivity contribution in [2.24, 2.45) is 11.5 Å². The summed E-state index contributed by atoms with van der Waals surface area (Å²) in [6.45, 7) is 9.74. The maximum absolute atomic E-state index is 5.75. The van der Waals surface area contributed by atoms with Gasteiger partial charge in [-0.05, 0) is 61.1 Å². The zero-order chi connectivity index (χ0) is 10.9. The second-order valence-corrected chi connectivity index (χ2v) is 3.87. The van der Waals surface area contributed by atoms with E-state index in [2.05, 4.69) is 27.7 Å². The normalized spacial score (nSPS) is 9.38. The highest BCUT2D eigenvalue weighted by Gasteiger charge is 2.11. The van der Waals surface area contributed by atoms with Crippen LogP contribution in [0.2, 0.25) is 0 Å². The predicted molar refractivity (Wildman–Crippen MR) is 75.7 cm³/mol. The quantitative estimate of drug-likeness (QED) is 0.863. The second kappa shape index (κ2) is 7.13. The number of rotatable bonds is 2. The van der Waals surface area contributed by atoms with Gasteiger partial charge in [-0.1, -0.05) is 0 Å². The van der Waals surface area contributed by atoms with E-state index in [1.54, 1.807) is 0 Å². The minimum atomic E-state index is 0. The molecule has 0 saturated carbocycles. The van der Waals surface area contributed by atoms with Gasteiger partial charge in [0.15, 0.2) is 0 Å². The fourth-order valence-corrected chi connectivity index (χ4v) is 2.08. The Kier molecular flexibility index (Phi) is 8.06. The Morgan fingerprint density at radius 1 is 0.625 bits per heavy atom. The number of benzene rings is 1. The van der Waals surface area contributed by atoms with Gasteiger partial charge >= 0.3 is 0 Å². The summed E-state index contributed by atoms with van der Waals surface area (Å²) >= 11 is 0. The molecule has 0 amide bonds. The molecule has 0 radical (unpaired) electrons. The summed E-state index contributed by atoms with van der Waals surface area (Å²) < 4.78 is 0. The molecule has 0 saturated heterocycles. The Balaban J connectivity index is 0. The molecule has 16 heavy (non-hydrogen) atoms. The molecule has 0 fully saturated rings. The molecule has 2 nitrogen and oxygen atoms in total. The highest BCUT2D eigenvalue weighted by molar-refractivity contribution is 5.85. The van der Waals surface area contributed by atoms with Gasteiger partial charge in [0.1, 0.15) is 0 Å². The van der Waals surface area contributed by atoms with Crippen LogP contribution in [0.15, 0.2) is 0 Å². The molecule has 4 heteroatoms. The summed E-state index contributed by atoms with van der Waals surface area (Å²) in [5.74, 6) is 0. The molecule has 0 bridgehead atoms. The lowest BCUT2D eigenvalue weighted by Crippen LogP contribution is -2.11. The first-order chi connectivity index (χ1) is 6.54. The maximum atomic E-state index is 5.75. The molecule has 1 aromatic carbocycles. The second-order valence-electron chi connectivity index (χ2n) is 3.87. The molecule has 0 heterocycles. The molecular weight excluding hydrogens is 243 g/mol. The Bertz CT molecular complexity index is 299. The van der Waals surface area contributed by atoms with Gasteiger partial charge in [0.05, 0.1) is 0 Å². The van der Waals surface area contributed by atoms with Crippen molar-refractivity contribution < 1.29 is 0 Å². The van der Waals surface area contributed by atoms with Gasteiger partial charge in [-0.15, -0.1) is 24.8 Å². The SMILES string of the molecule is Cc1c(C)c(CN)c(C)c(C)c1CN.Cl.Cl. The van der Waals surface area contributed by atoms with E-state index >= 15 is 0 Å².